The highest BCUT2D eigenvalue weighted by atomic mass is 19.1. The van der Waals surface area contributed by atoms with Gasteiger partial charge < -0.3 is 15.1 Å². The second-order valence-corrected chi connectivity index (χ2v) is 10.2. The molecule has 2 fully saturated rings. The van der Waals surface area contributed by atoms with E-state index in [1.165, 1.54) is 12.1 Å². The predicted octanol–water partition coefficient (Wildman–Crippen LogP) is 4.17. The van der Waals surface area contributed by atoms with Crippen molar-refractivity contribution in [3.63, 3.8) is 0 Å². The van der Waals surface area contributed by atoms with Gasteiger partial charge in [-0.15, -0.1) is 0 Å². The minimum absolute atomic E-state index is 0.00397. The molecule has 0 bridgehead atoms. The largest absolute Gasteiger partial charge is 0.338 e. The number of hydrogen-bond donors (Lipinski definition) is 2. The number of amides is 3. The molecule has 0 aliphatic carbocycles. The summed E-state index contributed by atoms with van der Waals surface area (Å²) in [5.74, 6) is -2.67. The zero-order chi connectivity index (χ0) is 28.0. The van der Waals surface area contributed by atoms with Crippen molar-refractivity contribution in [2.45, 2.75) is 6.42 Å². The third kappa shape index (κ3) is 4.78. The number of benzene rings is 3. The normalized spacial score (nSPS) is 18.3. The van der Waals surface area contributed by atoms with E-state index < -0.39 is 29.4 Å². The highest BCUT2D eigenvalue weighted by molar-refractivity contribution is 5.95. The Morgan fingerprint density at radius 1 is 0.875 bits per heavy atom. The van der Waals surface area contributed by atoms with Crippen molar-refractivity contribution >= 4 is 28.4 Å². The summed E-state index contributed by atoms with van der Waals surface area (Å²) in [6, 6.07) is 13.9. The molecule has 11 heteroatoms. The first-order valence-electron chi connectivity index (χ1n) is 12.8. The first kappa shape index (κ1) is 25.6. The lowest BCUT2D eigenvalue weighted by atomic mass is 10.0. The van der Waals surface area contributed by atoms with Gasteiger partial charge in [-0.3, -0.25) is 9.59 Å². The number of fused-ring (bicyclic) bond motifs is 2. The molecule has 3 heterocycles. The highest BCUT2D eigenvalue weighted by Crippen LogP contribution is 2.33. The molecule has 2 saturated heterocycles. The van der Waals surface area contributed by atoms with Crippen LogP contribution >= 0.6 is 0 Å². The number of aromatic amines is 1. The standard InChI is InChI=1S/C29H24F3N5O3/c30-19-6-8-25(24(32)11-19)33-29(40)37-14-17-12-36(13-18(17)15-37)28(39)22-9-16(5-7-23(22)31)10-26-20-3-1-2-4-21(20)27(38)35-34-26/h1-9,11,17-18H,10,12-15H2,(H,33,40)(H,35,38). The summed E-state index contributed by atoms with van der Waals surface area (Å²) in [4.78, 5) is 41.2. The highest BCUT2D eigenvalue weighted by Gasteiger charge is 2.43. The van der Waals surface area contributed by atoms with Crippen LogP contribution in [0.2, 0.25) is 0 Å². The minimum atomic E-state index is -0.863. The Labute approximate surface area is 226 Å². The van der Waals surface area contributed by atoms with Crippen molar-refractivity contribution in [1.82, 2.24) is 20.0 Å². The van der Waals surface area contributed by atoms with E-state index in [-0.39, 0.29) is 28.6 Å². The van der Waals surface area contributed by atoms with E-state index in [9.17, 15) is 27.6 Å². The summed E-state index contributed by atoms with van der Waals surface area (Å²) >= 11 is 0. The summed E-state index contributed by atoms with van der Waals surface area (Å²) in [6.45, 7) is 1.43. The fourth-order valence-corrected chi connectivity index (χ4v) is 5.63. The van der Waals surface area contributed by atoms with E-state index in [0.717, 1.165) is 12.1 Å². The number of anilines is 1. The molecule has 0 spiro atoms. The van der Waals surface area contributed by atoms with Gasteiger partial charge in [0.05, 0.1) is 22.3 Å². The van der Waals surface area contributed by atoms with Gasteiger partial charge in [0, 0.05) is 55.9 Å². The topological polar surface area (TPSA) is 98.4 Å². The van der Waals surface area contributed by atoms with E-state index in [2.05, 4.69) is 15.5 Å². The van der Waals surface area contributed by atoms with Gasteiger partial charge in [0.25, 0.3) is 11.5 Å². The number of hydrogen-bond acceptors (Lipinski definition) is 4. The Bertz CT molecular complexity index is 1690. The third-order valence-electron chi connectivity index (χ3n) is 7.64. The second kappa shape index (κ2) is 10.1. The fourth-order valence-electron chi connectivity index (χ4n) is 5.63. The van der Waals surface area contributed by atoms with Crippen LogP contribution in [0.1, 0.15) is 21.6 Å². The van der Waals surface area contributed by atoms with Gasteiger partial charge in [0.15, 0.2) is 0 Å². The quantitative estimate of drug-likeness (QED) is 0.401. The van der Waals surface area contributed by atoms with Gasteiger partial charge in [0.2, 0.25) is 0 Å². The van der Waals surface area contributed by atoms with Crippen LogP contribution in [0.15, 0.2) is 65.5 Å². The number of carbonyl (C=O) groups excluding carboxylic acids is 2. The van der Waals surface area contributed by atoms with Crippen LogP contribution in [0.4, 0.5) is 23.7 Å². The maximum absolute atomic E-state index is 14.8. The Balaban J connectivity index is 1.13. The van der Waals surface area contributed by atoms with Gasteiger partial charge in [0.1, 0.15) is 17.5 Å². The molecule has 2 atom stereocenters. The molecule has 3 aromatic carbocycles. The van der Waals surface area contributed by atoms with E-state index >= 15 is 0 Å². The number of nitrogens with one attached hydrogen (secondary N) is 2. The van der Waals surface area contributed by atoms with Crippen molar-refractivity contribution in [2.75, 3.05) is 31.5 Å². The van der Waals surface area contributed by atoms with Gasteiger partial charge in [-0.05, 0) is 35.9 Å². The molecule has 6 rings (SSSR count). The number of halogens is 3. The first-order valence-corrected chi connectivity index (χ1v) is 12.8. The summed E-state index contributed by atoms with van der Waals surface area (Å²) in [7, 11) is 0. The molecule has 3 amide bonds. The molecule has 204 valence electrons. The van der Waals surface area contributed by atoms with Crippen LogP contribution < -0.4 is 10.9 Å². The number of aromatic nitrogens is 2. The molecular formula is C29H24F3N5O3. The number of urea groups is 1. The SMILES string of the molecule is O=C(Nc1ccc(F)cc1F)N1CC2CN(C(=O)c3cc(Cc4n[nH]c(=O)c5ccccc45)ccc3F)CC2C1. The Morgan fingerprint density at radius 3 is 2.30 bits per heavy atom. The Hall–Kier alpha value is -4.67. The predicted molar refractivity (Wildman–Crippen MR) is 141 cm³/mol. The smallest absolute Gasteiger partial charge is 0.321 e. The monoisotopic (exact) mass is 547 g/mol. The maximum Gasteiger partial charge on any atom is 0.321 e. The molecule has 2 aliphatic heterocycles. The van der Waals surface area contributed by atoms with Crippen LogP contribution in [0.25, 0.3) is 10.8 Å². The summed E-state index contributed by atoms with van der Waals surface area (Å²) < 4.78 is 41.9. The van der Waals surface area contributed by atoms with Gasteiger partial charge >= 0.3 is 6.03 Å². The number of H-pyrrole nitrogens is 1. The minimum Gasteiger partial charge on any atom is -0.338 e. The summed E-state index contributed by atoms with van der Waals surface area (Å²) in [5.41, 5.74) is 0.820. The van der Waals surface area contributed by atoms with Gasteiger partial charge in [-0.25, -0.2) is 23.1 Å². The van der Waals surface area contributed by atoms with E-state index in [4.69, 9.17) is 0 Å². The zero-order valence-corrected chi connectivity index (χ0v) is 21.2. The van der Waals surface area contributed by atoms with E-state index in [1.54, 1.807) is 34.1 Å². The molecule has 40 heavy (non-hydrogen) atoms. The van der Waals surface area contributed by atoms with Crippen LogP contribution in [-0.2, 0) is 6.42 Å². The molecule has 2 aliphatic rings. The number of nitrogens with zero attached hydrogens (tertiary/aromatic N) is 3. The van der Waals surface area contributed by atoms with Crippen LogP contribution in [0, 0.1) is 29.3 Å². The van der Waals surface area contributed by atoms with Crippen molar-refractivity contribution in [1.29, 1.82) is 0 Å². The number of likely N-dealkylation sites (tertiary alicyclic amines) is 2. The Morgan fingerprint density at radius 2 is 1.57 bits per heavy atom. The van der Waals surface area contributed by atoms with Gasteiger partial charge in [-0.1, -0.05) is 24.3 Å². The summed E-state index contributed by atoms with van der Waals surface area (Å²) in [6.07, 6.45) is 0.293. The fraction of sp³-hybridized carbons (Fsp3) is 0.241. The van der Waals surface area contributed by atoms with Crippen LogP contribution in [0.5, 0.6) is 0 Å². The number of rotatable bonds is 4. The second-order valence-electron chi connectivity index (χ2n) is 10.2. The molecule has 8 nitrogen and oxygen atoms in total. The van der Waals surface area contributed by atoms with Crippen molar-refractivity contribution in [3.8, 4) is 0 Å². The molecule has 0 saturated carbocycles. The molecule has 2 N–H and O–H groups in total. The van der Waals surface area contributed by atoms with E-state index in [1.807, 2.05) is 6.07 Å². The molecule has 2 unspecified atom stereocenters. The Kier molecular flexibility index (Phi) is 6.49. The lowest BCUT2D eigenvalue weighted by Gasteiger charge is -2.22. The van der Waals surface area contributed by atoms with E-state index in [0.29, 0.717) is 60.7 Å². The average molecular weight is 548 g/mol. The lowest BCUT2D eigenvalue weighted by molar-refractivity contribution is 0.0772. The van der Waals surface area contributed by atoms with Crippen molar-refractivity contribution in [2.24, 2.45) is 11.8 Å². The first-order chi connectivity index (χ1) is 19.3. The van der Waals surface area contributed by atoms with Crippen LogP contribution in [-0.4, -0.2) is 58.1 Å². The third-order valence-corrected chi connectivity index (χ3v) is 7.64. The van der Waals surface area contributed by atoms with Crippen molar-refractivity contribution < 1.29 is 22.8 Å². The lowest BCUT2D eigenvalue weighted by Crippen LogP contribution is -2.38. The molecule has 4 aromatic rings. The molecule has 1 aromatic heterocycles. The number of carbonyl (C=O) groups is 2. The van der Waals surface area contributed by atoms with Crippen LogP contribution in [0.3, 0.4) is 0 Å². The molecule has 0 radical (unpaired) electrons. The van der Waals surface area contributed by atoms with Gasteiger partial charge in [-0.2, -0.15) is 5.10 Å². The maximum atomic E-state index is 14.8. The zero-order valence-electron chi connectivity index (χ0n) is 21.2. The average Bonchev–Trinajstić information content (AvgIpc) is 3.53. The van der Waals surface area contributed by atoms with Crippen molar-refractivity contribution in [3.05, 3.63) is 105 Å². The summed E-state index contributed by atoms with van der Waals surface area (Å²) in [5, 5.41) is 10.3. The molecular weight excluding hydrogens is 523 g/mol.